The fraction of sp³-hybridized carbons (Fsp3) is 0.158. The highest BCUT2D eigenvalue weighted by molar-refractivity contribution is 9.10. The Kier molecular flexibility index (Phi) is 4.72. The van der Waals surface area contributed by atoms with Crippen LogP contribution in [0, 0.1) is 0 Å². The van der Waals surface area contributed by atoms with Gasteiger partial charge in [0.1, 0.15) is 11.5 Å². The molecule has 0 saturated carbocycles. The molecule has 0 unspecified atom stereocenters. The monoisotopic (exact) mass is 424 g/mol. The predicted octanol–water partition coefficient (Wildman–Crippen LogP) is 3.26. The van der Waals surface area contributed by atoms with E-state index in [1.807, 2.05) is 48.5 Å². The SMILES string of the molecule is CC(=O)NCCNc1nc2c(-c3cccc(Br)c3)nnn2c2ccccc12. The van der Waals surface area contributed by atoms with E-state index in [4.69, 9.17) is 4.98 Å². The summed E-state index contributed by atoms with van der Waals surface area (Å²) in [5.41, 5.74) is 3.24. The molecule has 136 valence electrons. The first kappa shape index (κ1) is 17.4. The number of aromatic nitrogens is 4. The molecule has 0 radical (unpaired) electrons. The van der Waals surface area contributed by atoms with E-state index >= 15 is 0 Å². The number of benzene rings is 2. The molecule has 0 aliphatic heterocycles. The van der Waals surface area contributed by atoms with Crippen LogP contribution in [-0.2, 0) is 4.79 Å². The third-order valence-corrected chi connectivity index (χ3v) is 4.63. The van der Waals surface area contributed by atoms with Crippen molar-refractivity contribution in [1.82, 2.24) is 25.1 Å². The van der Waals surface area contributed by atoms with Gasteiger partial charge in [0.15, 0.2) is 5.65 Å². The van der Waals surface area contributed by atoms with Gasteiger partial charge in [0.25, 0.3) is 0 Å². The van der Waals surface area contributed by atoms with E-state index in [9.17, 15) is 4.79 Å². The number of hydrogen-bond donors (Lipinski definition) is 2. The fourth-order valence-corrected chi connectivity index (χ4v) is 3.34. The van der Waals surface area contributed by atoms with E-state index in [1.165, 1.54) is 6.92 Å². The van der Waals surface area contributed by atoms with Crippen molar-refractivity contribution in [3.05, 3.63) is 53.0 Å². The zero-order valence-electron chi connectivity index (χ0n) is 14.6. The Hall–Kier alpha value is -3.00. The number of fused-ring (bicyclic) bond motifs is 3. The second-order valence-electron chi connectivity index (χ2n) is 6.07. The largest absolute Gasteiger partial charge is 0.368 e. The number of rotatable bonds is 5. The van der Waals surface area contributed by atoms with E-state index in [0.29, 0.717) is 24.4 Å². The molecule has 8 heteroatoms. The van der Waals surface area contributed by atoms with Crippen molar-refractivity contribution < 1.29 is 4.79 Å². The molecule has 0 atom stereocenters. The lowest BCUT2D eigenvalue weighted by molar-refractivity contribution is -0.118. The highest BCUT2D eigenvalue weighted by Crippen LogP contribution is 2.28. The Labute approximate surface area is 163 Å². The van der Waals surface area contributed by atoms with Crippen LogP contribution in [0.2, 0.25) is 0 Å². The van der Waals surface area contributed by atoms with Crippen molar-refractivity contribution in [3.63, 3.8) is 0 Å². The summed E-state index contributed by atoms with van der Waals surface area (Å²) in [6.07, 6.45) is 0. The van der Waals surface area contributed by atoms with Gasteiger partial charge in [0, 0.05) is 35.4 Å². The maximum absolute atomic E-state index is 11.1. The standard InChI is InChI=1S/C19H17BrN6O/c1-12(27)21-9-10-22-18-15-7-2-3-8-16(15)26-19(23-18)17(24-25-26)13-5-4-6-14(20)11-13/h2-8,11H,9-10H2,1H3,(H,21,27)(H,22,23). The Morgan fingerprint density at radius 1 is 1.15 bits per heavy atom. The normalized spacial score (nSPS) is 11.0. The van der Waals surface area contributed by atoms with E-state index in [1.54, 1.807) is 4.52 Å². The van der Waals surface area contributed by atoms with Crippen LogP contribution in [0.4, 0.5) is 5.82 Å². The summed E-state index contributed by atoms with van der Waals surface area (Å²) >= 11 is 3.50. The lowest BCUT2D eigenvalue weighted by atomic mass is 10.1. The molecular formula is C19H17BrN6O. The fourth-order valence-electron chi connectivity index (χ4n) is 2.94. The molecule has 4 rings (SSSR count). The van der Waals surface area contributed by atoms with Crippen LogP contribution in [0.25, 0.3) is 27.8 Å². The minimum Gasteiger partial charge on any atom is -0.368 e. The highest BCUT2D eigenvalue weighted by atomic mass is 79.9. The number of carbonyl (C=O) groups excluding carboxylic acids is 1. The van der Waals surface area contributed by atoms with Gasteiger partial charge in [-0.2, -0.15) is 4.52 Å². The third-order valence-electron chi connectivity index (χ3n) is 4.14. The first-order chi connectivity index (χ1) is 13.1. The second kappa shape index (κ2) is 7.32. The van der Waals surface area contributed by atoms with Crippen molar-refractivity contribution in [2.45, 2.75) is 6.92 Å². The van der Waals surface area contributed by atoms with Gasteiger partial charge in [-0.3, -0.25) is 4.79 Å². The number of halogens is 1. The van der Waals surface area contributed by atoms with Gasteiger partial charge in [-0.05, 0) is 24.3 Å². The number of amides is 1. The molecule has 0 bridgehead atoms. The minimum atomic E-state index is -0.0537. The average molecular weight is 425 g/mol. The van der Waals surface area contributed by atoms with E-state index in [-0.39, 0.29) is 5.91 Å². The molecule has 0 fully saturated rings. The maximum atomic E-state index is 11.1. The molecule has 0 saturated heterocycles. The van der Waals surface area contributed by atoms with Crippen LogP contribution in [0.15, 0.2) is 53.0 Å². The summed E-state index contributed by atoms with van der Waals surface area (Å²) in [6.45, 7) is 2.59. The molecule has 4 aromatic rings. The molecular weight excluding hydrogens is 408 g/mol. The van der Waals surface area contributed by atoms with Gasteiger partial charge in [0.2, 0.25) is 5.91 Å². The lowest BCUT2D eigenvalue weighted by Gasteiger charge is -2.10. The van der Waals surface area contributed by atoms with Gasteiger partial charge in [-0.1, -0.05) is 45.4 Å². The number of anilines is 1. The van der Waals surface area contributed by atoms with Crippen LogP contribution in [0.1, 0.15) is 6.92 Å². The lowest BCUT2D eigenvalue weighted by Crippen LogP contribution is -2.26. The zero-order chi connectivity index (χ0) is 18.8. The molecule has 7 nitrogen and oxygen atoms in total. The Bertz CT molecular complexity index is 1140. The van der Waals surface area contributed by atoms with Crippen LogP contribution < -0.4 is 10.6 Å². The van der Waals surface area contributed by atoms with Crippen LogP contribution in [-0.4, -0.2) is 38.8 Å². The number of nitrogens with one attached hydrogen (secondary N) is 2. The van der Waals surface area contributed by atoms with Gasteiger partial charge in [0.05, 0.1) is 5.52 Å². The van der Waals surface area contributed by atoms with Crippen LogP contribution >= 0.6 is 15.9 Å². The Morgan fingerprint density at radius 2 is 2.00 bits per heavy atom. The Morgan fingerprint density at radius 3 is 2.81 bits per heavy atom. The summed E-state index contributed by atoms with van der Waals surface area (Å²) in [4.78, 5) is 15.8. The van der Waals surface area contributed by atoms with Crippen LogP contribution in [0.5, 0.6) is 0 Å². The number of nitrogens with zero attached hydrogens (tertiary/aromatic N) is 4. The van der Waals surface area contributed by atoms with Gasteiger partial charge >= 0.3 is 0 Å². The summed E-state index contributed by atoms with van der Waals surface area (Å²) in [5, 5.41) is 15.7. The zero-order valence-corrected chi connectivity index (χ0v) is 16.2. The van der Waals surface area contributed by atoms with Crippen molar-refractivity contribution in [3.8, 4) is 11.3 Å². The topological polar surface area (TPSA) is 84.2 Å². The average Bonchev–Trinajstić information content (AvgIpc) is 3.09. The maximum Gasteiger partial charge on any atom is 0.216 e. The van der Waals surface area contributed by atoms with Gasteiger partial charge in [-0.15, -0.1) is 5.10 Å². The molecule has 2 aromatic carbocycles. The van der Waals surface area contributed by atoms with Crippen LogP contribution in [0.3, 0.4) is 0 Å². The van der Waals surface area contributed by atoms with Crippen molar-refractivity contribution in [2.24, 2.45) is 0 Å². The molecule has 27 heavy (non-hydrogen) atoms. The molecule has 2 aromatic heterocycles. The summed E-state index contributed by atoms with van der Waals surface area (Å²) < 4.78 is 2.72. The first-order valence-electron chi connectivity index (χ1n) is 8.52. The molecule has 1 amide bonds. The number of hydrogen-bond acceptors (Lipinski definition) is 5. The van der Waals surface area contributed by atoms with Crippen molar-refractivity contribution >= 4 is 44.2 Å². The smallest absolute Gasteiger partial charge is 0.216 e. The van der Waals surface area contributed by atoms with Gasteiger partial charge < -0.3 is 10.6 Å². The third kappa shape index (κ3) is 3.48. The van der Waals surface area contributed by atoms with E-state index in [0.717, 1.165) is 26.8 Å². The summed E-state index contributed by atoms with van der Waals surface area (Å²) in [6, 6.07) is 15.8. The molecule has 0 aliphatic rings. The second-order valence-corrected chi connectivity index (χ2v) is 6.99. The summed E-state index contributed by atoms with van der Waals surface area (Å²) in [5.74, 6) is 0.684. The molecule has 0 spiro atoms. The predicted molar refractivity (Wildman–Crippen MR) is 109 cm³/mol. The highest BCUT2D eigenvalue weighted by Gasteiger charge is 2.15. The minimum absolute atomic E-state index is 0.0537. The van der Waals surface area contributed by atoms with Gasteiger partial charge in [-0.25, -0.2) is 4.98 Å². The van der Waals surface area contributed by atoms with Crippen molar-refractivity contribution in [2.75, 3.05) is 18.4 Å². The van der Waals surface area contributed by atoms with E-state index in [2.05, 4.69) is 36.9 Å². The number of carbonyl (C=O) groups is 1. The molecule has 0 aliphatic carbocycles. The Balaban J connectivity index is 1.81. The first-order valence-corrected chi connectivity index (χ1v) is 9.31. The summed E-state index contributed by atoms with van der Waals surface area (Å²) in [7, 11) is 0. The molecule has 2 N–H and O–H groups in total. The molecule has 2 heterocycles. The van der Waals surface area contributed by atoms with Crippen molar-refractivity contribution in [1.29, 1.82) is 0 Å². The number of para-hydroxylation sites is 1. The van der Waals surface area contributed by atoms with E-state index < -0.39 is 0 Å². The quantitative estimate of drug-likeness (QED) is 0.480.